The molecule has 2 N–H and O–H groups in total. The highest BCUT2D eigenvalue weighted by molar-refractivity contribution is 7.89. The van der Waals surface area contributed by atoms with Crippen molar-refractivity contribution >= 4 is 33.0 Å². The molecule has 2 heterocycles. The Morgan fingerprint density at radius 3 is 2.70 bits per heavy atom. The molecule has 23 heavy (non-hydrogen) atoms. The zero-order valence-electron chi connectivity index (χ0n) is 12.7. The molecule has 1 aliphatic rings. The van der Waals surface area contributed by atoms with Gasteiger partial charge in [0.15, 0.2) is 5.03 Å². The van der Waals surface area contributed by atoms with Crippen LogP contribution in [0.5, 0.6) is 0 Å². The maximum Gasteiger partial charge on any atom is 0.261 e. The molecule has 1 atom stereocenters. The van der Waals surface area contributed by atoms with Gasteiger partial charge in [-0.25, -0.2) is 13.4 Å². The highest BCUT2D eigenvalue weighted by atomic mass is 35.5. The monoisotopic (exact) mass is 371 g/mol. The van der Waals surface area contributed by atoms with E-state index in [1.165, 1.54) is 15.6 Å². The summed E-state index contributed by atoms with van der Waals surface area (Å²) in [5.74, 6) is 0. The zero-order valence-corrected chi connectivity index (χ0v) is 15.1. The van der Waals surface area contributed by atoms with Gasteiger partial charge in [-0.3, -0.25) is 0 Å². The predicted molar refractivity (Wildman–Crippen MR) is 93.1 cm³/mol. The van der Waals surface area contributed by atoms with E-state index in [1.807, 2.05) is 19.1 Å². The van der Waals surface area contributed by atoms with Crippen molar-refractivity contribution in [2.75, 3.05) is 19.6 Å². The Bertz CT molecular complexity index is 804. The van der Waals surface area contributed by atoms with Gasteiger partial charge in [-0.2, -0.15) is 4.31 Å². The summed E-state index contributed by atoms with van der Waals surface area (Å²) in [6, 6.07) is 7.19. The van der Waals surface area contributed by atoms with Crippen molar-refractivity contribution in [3.63, 3.8) is 0 Å². The molecule has 1 aromatic carbocycles. The van der Waals surface area contributed by atoms with Gasteiger partial charge in [-0.1, -0.05) is 30.7 Å². The van der Waals surface area contributed by atoms with Gasteiger partial charge in [0.1, 0.15) is 5.01 Å². The van der Waals surface area contributed by atoms with Crippen LogP contribution in [0.1, 0.15) is 13.3 Å². The second-order valence-electron chi connectivity index (χ2n) is 6.10. The number of halogens is 1. The number of benzene rings is 1. The summed E-state index contributed by atoms with van der Waals surface area (Å²) >= 11 is 7.19. The van der Waals surface area contributed by atoms with Crippen LogP contribution >= 0.6 is 22.9 Å². The van der Waals surface area contributed by atoms with Gasteiger partial charge in [0.05, 0.1) is 0 Å². The average molecular weight is 372 g/mol. The Hall–Kier alpha value is -0.990. The van der Waals surface area contributed by atoms with E-state index in [-0.39, 0.29) is 10.4 Å². The molecule has 3 rings (SSSR count). The van der Waals surface area contributed by atoms with E-state index in [0.29, 0.717) is 29.7 Å². The summed E-state index contributed by atoms with van der Waals surface area (Å²) < 4.78 is 27.0. The first-order valence-corrected chi connectivity index (χ1v) is 9.96. The number of nitrogens with two attached hydrogens (primary N) is 1. The van der Waals surface area contributed by atoms with Crippen molar-refractivity contribution in [1.82, 2.24) is 9.29 Å². The number of aromatic nitrogens is 1. The molecular weight excluding hydrogens is 354 g/mol. The Morgan fingerprint density at radius 1 is 1.39 bits per heavy atom. The maximum absolute atomic E-state index is 12.7. The number of rotatable bonds is 4. The van der Waals surface area contributed by atoms with Crippen molar-refractivity contribution in [2.45, 2.75) is 18.4 Å². The lowest BCUT2D eigenvalue weighted by molar-refractivity contribution is 0.349. The minimum absolute atomic E-state index is 0.105. The second kappa shape index (κ2) is 6.14. The minimum Gasteiger partial charge on any atom is -0.330 e. The lowest BCUT2D eigenvalue weighted by atomic mass is 9.90. The van der Waals surface area contributed by atoms with E-state index in [1.54, 1.807) is 17.5 Å². The van der Waals surface area contributed by atoms with Crippen LogP contribution in [0.25, 0.3) is 10.6 Å². The van der Waals surface area contributed by atoms with E-state index in [9.17, 15) is 8.42 Å². The summed E-state index contributed by atoms with van der Waals surface area (Å²) in [6.45, 7) is 3.43. The first-order chi connectivity index (χ1) is 10.8. The highest BCUT2D eigenvalue weighted by Gasteiger charge is 2.39. The van der Waals surface area contributed by atoms with Crippen LogP contribution in [-0.4, -0.2) is 37.3 Å². The van der Waals surface area contributed by atoms with Gasteiger partial charge in [0, 0.05) is 29.1 Å². The number of nitrogens with zero attached hydrogens (tertiary/aromatic N) is 2. The number of sulfonamides is 1. The van der Waals surface area contributed by atoms with Crippen molar-refractivity contribution in [3.05, 3.63) is 34.7 Å². The van der Waals surface area contributed by atoms with Gasteiger partial charge in [0.25, 0.3) is 10.0 Å². The Labute approximate surface area is 145 Å². The third-order valence-corrected chi connectivity index (χ3v) is 7.22. The normalized spacial score (nSPS) is 22.6. The molecule has 1 saturated heterocycles. The van der Waals surface area contributed by atoms with Crippen LogP contribution in [0.2, 0.25) is 5.02 Å². The smallest absolute Gasteiger partial charge is 0.261 e. The van der Waals surface area contributed by atoms with E-state index >= 15 is 0 Å². The standard InChI is InChI=1S/C15H18ClN3O2S2/c1-15(9-17)6-7-19(10-15)23(20,21)13-8-22-14(18-13)11-2-4-12(16)5-3-11/h2-5,8H,6-7,9-10,17H2,1H3. The van der Waals surface area contributed by atoms with Crippen LogP contribution in [0, 0.1) is 5.41 Å². The van der Waals surface area contributed by atoms with Gasteiger partial charge in [-0.05, 0) is 30.5 Å². The average Bonchev–Trinajstić information content (AvgIpc) is 3.16. The molecule has 0 aliphatic carbocycles. The number of hydrogen-bond acceptors (Lipinski definition) is 5. The Kier molecular flexibility index (Phi) is 4.50. The van der Waals surface area contributed by atoms with Crippen molar-refractivity contribution < 1.29 is 8.42 Å². The van der Waals surface area contributed by atoms with Crippen LogP contribution in [0.3, 0.4) is 0 Å². The van der Waals surface area contributed by atoms with E-state index in [2.05, 4.69) is 4.98 Å². The molecular formula is C15H18ClN3O2S2. The SMILES string of the molecule is CC1(CN)CCN(S(=O)(=O)c2csc(-c3ccc(Cl)cc3)n2)C1. The highest BCUT2D eigenvalue weighted by Crippen LogP contribution is 2.34. The number of hydrogen-bond donors (Lipinski definition) is 1. The fourth-order valence-electron chi connectivity index (χ4n) is 2.59. The molecule has 0 radical (unpaired) electrons. The molecule has 1 unspecified atom stereocenters. The molecule has 0 spiro atoms. The molecule has 1 aliphatic heterocycles. The molecule has 0 amide bonds. The van der Waals surface area contributed by atoms with E-state index < -0.39 is 10.0 Å². The molecule has 1 aromatic heterocycles. The van der Waals surface area contributed by atoms with E-state index in [4.69, 9.17) is 17.3 Å². The fourth-order valence-corrected chi connectivity index (χ4v) is 5.37. The molecule has 1 fully saturated rings. The van der Waals surface area contributed by atoms with Gasteiger partial charge in [-0.15, -0.1) is 11.3 Å². The van der Waals surface area contributed by atoms with Crippen molar-refractivity contribution in [2.24, 2.45) is 11.1 Å². The largest absolute Gasteiger partial charge is 0.330 e. The topological polar surface area (TPSA) is 76.3 Å². The van der Waals surface area contributed by atoms with Crippen molar-refractivity contribution in [1.29, 1.82) is 0 Å². The zero-order chi connectivity index (χ0) is 16.7. The molecule has 5 nitrogen and oxygen atoms in total. The minimum atomic E-state index is -3.56. The summed E-state index contributed by atoms with van der Waals surface area (Å²) in [6.07, 6.45) is 0.775. The molecule has 124 valence electrons. The van der Waals surface area contributed by atoms with Crippen LogP contribution in [0.15, 0.2) is 34.7 Å². The summed E-state index contributed by atoms with van der Waals surface area (Å²) in [5, 5.41) is 3.00. The second-order valence-corrected chi connectivity index (χ2v) is 9.28. The van der Waals surface area contributed by atoms with E-state index in [0.717, 1.165) is 12.0 Å². The predicted octanol–water partition coefficient (Wildman–Crippen LogP) is 2.82. The quantitative estimate of drug-likeness (QED) is 0.896. The Morgan fingerprint density at radius 2 is 2.09 bits per heavy atom. The lowest BCUT2D eigenvalue weighted by Gasteiger charge is -2.21. The van der Waals surface area contributed by atoms with Gasteiger partial charge < -0.3 is 5.73 Å². The summed E-state index contributed by atoms with van der Waals surface area (Å²) in [4.78, 5) is 4.31. The van der Waals surface area contributed by atoms with Crippen LogP contribution < -0.4 is 5.73 Å². The van der Waals surface area contributed by atoms with Crippen molar-refractivity contribution in [3.8, 4) is 10.6 Å². The Balaban J connectivity index is 1.86. The maximum atomic E-state index is 12.7. The molecule has 0 saturated carbocycles. The molecule has 8 heteroatoms. The molecule has 2 aromatic rings. The van der Waals surface area contributed by atoms with Gasteiger partial charge in [0.2, 0.25) is 0 Å². The fraction of sp³-hybridized carbons (Fsp3) is 0.400. The lowest BCUT2D eigenvalue weighted by Crippen LogP contribution is -2.34. The first-order valence-electron chi connectivity index (χ1n) is 7.26. The first kappa shape index (κ1) is 16.9. The summed E-state index contributed by atoms with van der Waals surface area (Å²) in [7, 11) is -3.56. The summed E-state index contributed by atoms with van der Waals surface area (Å²) in [5.41, 5.74) is 6.46. The molecule has 0 bridgehead atoms. The third-order valence-electron chi connectivity index (χ3n) is 4.19. The van der Waals surface area contributed by atoms with Gasteiger partial charge >= 0.3 is 0 Å². The van der Waals surface area contributed by atoms with Crippen LogP contribution in [-0.2, 0) is 10.0 Å². The third kappa shape index (κ3) is 3.29. The number of thiazole rings is 1. The van der Waals surface area contributed by atoms with Crippen LogP contribution in [0.4, 0.5) is 0 Å².